The van der Waals surface area contributed by atoms with E-state index in [4.69, 9.17) is 0 Å². The normalized spacial score (nSPS) is 17.6. The van der Waals surface area contributed by atoms with Gasteiger partial charge in [-0.25, -0.2) is 0 Å². The summed E-state index contributed by atoms with van der Waals surface area (Å²) in [6.45, 7) is 0. The Bertz CT molecular complexity index is 287. The second-order valence-electron chi connectivity index (χ2n) is 4.31. The summed E-state index contributed by atoms with van der Waals surface area (Å²) in [7, 11) is 0. The zero-order chi connectivity index (χ0) is 10.3. The lowest BCUT2D eigenvalue weighted by molar-refractivity contribution is 0.522. The van der Waals surface area contributed by atoms with Crippen molar-refractivity contribution in [1.29, 1.82) is 0 Å². The summed E-state index contributed by atoms with van der Waals surface area (Å²) in [5, 5.41) is 0. The molecule has 1 aromatic carbocycles. The van der Waals surface area contributed by atoms with Crippen LogP contribution < -0.4 is 0 Å². The fraction of sp³-hybridized carbons (Fsp3) is 0.400. The summed E-state index contributed by atoms with van der Waals surface area (Å²) in [6, 6.07) is 10.8. The number of rotatable bonds is 3. The Kier molecular flexibility index (Phi) is 4.01. The van der Waals surface area contributed by atoms with E-state index in [1.807, 2.05) is 0 Å². The first kappa shape index (κ1) is 10.5. The van der Waals surface area contributed by atoms with E-state index in [0.29, 0.717) is 0 Å². The van der Waals surface area contributed by atoms with Crippen LogP contribution in [0.4, 0.5) is 0 Å². The zero-order valence-corrected chi connectivity index (χ0v) is 9.23. The molecule has 0 saturated carbocycles. The van der Waals surface area contributed by atoms with E-state index >= 15 is 0 Å². The molecule has 0 fully saturated rings. The minimum Gasteiger partial charge on any atom is -0.0885 e. The molecule has 1 aromatic rings. The van der Waals surface area contributed by atoms with Gasteiger partial charge < -0.3 is 0 Å². The van der Waals surface area contributed by atoms with Crippen LogP contribution >= 0.6 is 0 Å². The molecule has 0 aliphatic heterocycles. The molecule has 0 heteroatoms. The van der Waals surface area contributed by atoms with E-state index in [1.165, 1.54) is 31.2 Å². The Morgan fingerprint density at radius 3 is 2.33 bits per heavy atom. The number of hydrogen-bond donors (Lipinski definition) is 0. The summed E-state index contributed by atoms with van der Waals surface area (Å²) in [5.74, 6) is 0.820. The van der Waals surface area contributed by atoms with Gasteiger partial charge >= 0.3 is 0 Å². The third-order valence-electron chi connectivity index (χ3n) is 3.10. The molecule has 0 spiro atoms. The molecular weight excluding hydrogens is 180 g/mol. The van der Waals surface area contributed by atoms with Crippen LogP contribution in [-0.4, -0.2) is 0 Å². The summed E-state index contributed by atoms with van der Waals surface area (Å²) in [5.41, 5.74) is 1.44. The van der Waals surface area contributed by atoms with Crippen LogP contribution in [0.25, 0.3) is 0 Å². The Hall–Kier alpha value is -1.04. The van der Waals surface area contributed by atoms with E-state index in [1.54, 1.807) is 0 Å². The summed E-state index contributed by atoms with van der Waals surface area (Å²) in [6.07, 6.45) is 13.5. The molecule has 1 aliphatic rings. The molecule has 0 heterocycles. The highest BCUT2D eigenvalue weighted by Crippen LogP contribution is 2.22. The van der Waals surface area contributed by atoms with E-state index < -0.39 is 0 Å². The van der Waals surface area contributed by atoms with Crippen LogP contribution in [0.1, 0.15) is 31.2 Å². The third kappa shape index (κ3) is 3.54. The van der Waals surface area contributed by atoms with Crippen LogP contribution in [0.3, 0.4) is 0 Å². The largest absolute Gasteiger partial charge is 0.0885 e. The van der Waals surface area contributed by atoms with Crippen molar-refractivity contribution in [3.05, 3.63) is 54.5 Å². The van der Waals surface area contributed by atoms with Crippen LogP contribution in [0, 0.1) is 12.3 Å². The lowest BCUT2D eigenvalue weighted by atomic mass is 9.93. The number of hydrogen-bond acceptors (Lipinski definition) is 0. The number of benzene rings is 1. The monoisotopic (exact) mass is 199 g/mol. The Morgan fingerprint density at radius 2 is 1.67 bits per heavy atom. The molecule has 1 radical (unpaired) electrons. The van der Waals surface area contributed by atoms with Crippen molar-refractivity contribution < 1.29 is 0 Å². The molecule has 1 aliphatic carbocycles. The lowest BCUT2D eigenvalue weighted by Gasteiger charge is -2.12. The average Bonchev–Trinajstić information content (AvgIpc) is 2.56. The van der Waals surface area contributed by atoms with E-state index in [2.05, 4.69) is 48.9 Å². The van der Waals surface area contributed by atoms with Gasteiger partial charge in [0.1, 0.15) is 0 Å². The van der Waals surface area contributed by atoms with Crippen LogP contribution in [0.15, 0.2) is 42.5 Å². The average molecular weight is 199 g/mol. The molecule has 0 N–H and O–H groups in total. The van der Waals surface area contributed by atoms with Gasteiger partial charge in [-0.15, -0.1) is 0 Å². The van der Waals surface area contributed by atoms with Crippen LogP contribution in [0.5, 0.6) is 0 Å². The molecule has 0 aromatic heterocycles. The topological polar surface area (TPSA) is 0 Å². The van der Waals surface area contributed by atoms with Crippen molar-refractivity contribution in [2.45, 2.75) is 32.1 Å². The molecule has 0 nitrogen and oxygen atoms in total. The first-order valence-corrected chi connectivity index (χ1v) is 5.97. The van der Waals surface area contributed by atoms with Crippen molar-refractivity contribution in [2.75, 3.05) is 0 Å². The maximum absolute atomic E-state index is 2.50. The van der Waals surface area contributed by atoms with Gasteiger partial charge in [-0.3, -0.25) is 0 Å². The fourth-order valence-electron chi connectivity index (χ4n) is 2.15. The zero-order valence-electron chi connectivity index (χ0n) is 9.23. The molecular formula is C15H19. The minimum atomic E-state index is 0.820. The van der Waals surface area contributed by atoms with Crippen molar-refractivity contribution >= 4 is 0 Å². The quantitative estimate of drug-likeness (QED) is 0.641. The molecule has 79 valence electrons. The van der Waals surface area contributed by atoms with Crippen LogP contribution in [0.2, 0.25) is 0 Å². The molecule has 2 rings (SSSR count). The minimum absolute atomic E-state index is 0.820. The third-order valence-corrected chi connectivity index (χ3v) is 3.10. The summed E-state index contributed by atoms with van der Waals surface area (Å²) < 4.78 is 0. The molecule has 0 bridgehead atoms. The van der Waals surface area contributed by atoms with Gasteiger partial charge in [0.25, 0.3) is 0 Å². The van der Waals surface area contributed by atoms with Crippen molar-refractivity contribution in [1.82, 2.24) is 0 Å². The maximum atomic E-state index is 2.50. The summed E-state index contributed by atoms with van der Waals surface area (Å²) in [4.78, 5) is 0. The maximum Gasteiger partial charge on any atom is -0.0245 e. The second-order valence-corrected chi connectivity index (χ2v) is 4.31. The smallest absolute Gasteiger partial charge is 0.0245 e. The lowest BCUT2D eigenvalue weighted by Crippen LogP contribution is -2.02. The first-order valence-electron chi connectivity index (χ1n) is 5.97. The van der Waals surface area contributed by atoms with Gasteiger partial charge in [-0.05, 0) is 50.0 Å². The molecule has 0 unspecified atom stereocenters. The SMILES string of the molecule is [CH](Cc1ccccc1)C1CCC=CCC1. The highest BCUT2D eigenvalue weighted by Gasteiger charge is 2.09. The molecule has 0 atom stereocenters. The van der Waals surface area contributed by atoms with Crippen molar-refractivity contribution in [3.8, 4) is 0 Å². The number of allylic oxidation sites excluding steroid dienone is 2. The van der Waals surface area contributed by atoms with Gasteiger partial charge in [0.05, 0.1) is 0 Å². The van der Waals surface area contributed by atoms with Crippen molar-refractivity contribution in [3.63, 3.8) is 0 Å². The van der Waals surface area contributed by atoms with Crippen molar-refractivity contribution in [2.24, 2.45) is 5.92 Å². The van der Waals surface area contributed by atoms with Gasteiger partial charge in [0, 0.05) is 0 Å². The molecule has 0 saturated heterocycles. The van der Waals surface area contributed by atoms with Gasteiger partial charge in [-0.1, -0.05) is 42.5 Å². The first-order chi connectivity index (χ1) is 7.45. The van der Waals surface area contributed by atoms with Gasteiger partial charge in [0.2, 0.25) is 0 Å². The second kappa shape index (κ2) is 5.75. The molecule has 0 amide bonds. The summed E-state index contributed by atoms with van der Waals surface area (Å²) >= 11 is 0. The predicted octanol–water partition coefficient (Wildman–Crippen LogP) is 4.18. The molecule has 15 heavy (non-hydrogen) atoms. The van der Waals surface area contributed by atoms with Gasteiger partial charge in [0.15, 0.2) is 0 Å². The highest BCUT2D eigenvalue weighted by atomic mass is 14.1. The Labute approximate surface area is 93.0 Å². The fourth-order valence-corrected chi connectivity index (χ4v) is 2.15. The van der Waals surface area contributed by atoms with Gasteiger partial charge in [-0.2, -0.15) is 0 Å². The van der Waals surface area contributed by atoms with E-state index in [9.17, 15) is 0 Å². The standard InChI is InChI=1S/C15H19/c1-2-5-9-14(8-4-1)12-13-15-10-6-3-7-11-15/h1-3,6-7,10-12,14H,4-5,8-9,13H2. The predicted molar refractivity (Wildman–Crippen MR) is 65.5 cm³/mol. The Morgan fingerprint density at radius 1 is 1.00 bits per heavy atom. The highest BCUT2D eigenvalue weighted by molar-refractivity contribution is 5.16. The van der Waals surface area contributed by atoms with E-state index in [-0.39, 0.29) is 0 Å². The van der Waals surface area contributed by atoms with E-state index in [0.717, 1.165) is 12.3 Å². The van der Waals surface area contributed by atoms with Crippen LogP contribution in [-0.2, 0) is 6.42 Å². The Balaban J connectivity index is 1.78.